The van der Waals surface area contributed by atoms with Crippen LogP contribution in [0.1, 0.15) is 53.5 Å². The van der Waals surface area contributed by atoms with Gasteiger partial charge in [0.2, 0.25) is 0 Å². The molecule has 1 amide bonds. The van der Waals surface area contributed by atoms with E-state index in [2.05, 4.69) is 33.9 Å². The normalized spacial score (nSPS) is 16.7. The zero-order valence-electron chi connectivity index (χ0n) is 24.2. The van der Waals surface area contributed by atoms with Crippen molar-refractivity contribution in [1.82, 2.24) is 4.90 Å². The molecule has 0 unspecified atom stereocenters. The van der Waals surface area contributed by atoms with Crippen LogP contribution in [0.4, 0.5) is 4.79 Å². The third-order valence-corrected chi connectivity index (χ3v) is 11.6. The molecule has 1 N–H and O–H groups in total. The van der Waals surface area contributed by atoms with Crippen molar-refractivity contribution >= 4 is 14.4 Å². The number of hydrogen-bond acceptors (Lipinski definition) is 6. The van der Waals surface area contributed by atoms with Gasteiger partial charge in [0, 0.05) is 0 Å². The van der Waals surface area contributed by atoms with Crippen LogP contribution in [-0.2, 0) is 15.6 Å². The number of para-hydroxylation sites is 1. The van der Waals surface area contributed by atoms with Gasteiger partial charge in [-0.05, 0) is 87.6 Å². The molecule has 1 heterocycles. The topological polar surface area (TPSA) is 77.5 Å². The van der Waals surface area contributed by atoms with Crippen LogP contribution in [-0.4, -0.2) is 61.9 Å². The highest BCUT2D eigenvalue weighted by atomic mass is 28.4. The van der Waals surface area contributed by atoms with Gasteiger partial charge in [-0.25, -0.2) is 4.79 Å². The third-order valence-electron chi connectivity index (χ3n) is 7.02. The Bertz CT molecular complexity index is 1060. The quantitative estimate of drug-likeness (QED) is 0.351. The van der Waals surface area contributed by atoms with Crippen molar-refractivity contribution in [2.24, 2.45) is 0 Å². The van der Waals surface area contributed by atoms with Gasteiger partial charge in [0.1, 0.15) is 35.6 Å². The number of aryl methyl sites for hydroxylation is 1. The van der Waals surface area contributed by atoms with Crippen LogP contribution in [0.15, 0.2) is 48.5 Å². The van der Waals surface area contributed by atoms with Gasteiger partial charge in [-0.1, -0.05) is 39.0 Å². The van der Waals surface area contributed by atoms with Crippen molar-refractivity contribution in [2.45, 2.75) is 90.3 Å². The number of ether oxygens (including phenoxy) is 3. The van der Waals surface area contributed by atoms with E-state index < -0.39 is 20.0 Å². The second-order valence-corrected chi connectivity index (χ2v) is 17.3. The first kappa shape index (κ1) is 29.8. The lowest BCUT2D eigenvalue weighted by atomic mass is 10.0. The molecule has 2 atom stereocenters. The molecule has 2 aromatic rings. The van der Waals surface area contributed by atoms with Crippen molar-refractivity contribution in [3.05, 3.63) is 54.1 Å². The fraction of sp³-hybridized carbons (Fsp3) is 0.567. The Balaban J connectivity index is 1.82. The first-order valence-corrected chi connectivity index (χ1v) is 16.4. The van der Waals surface area contributed by atoms with E-state index >= 15 is 0 Å². The fourth-order valence-electron chi connectivity index (χ4n) is 4.02. The Morgan fingerprint density at radius 1 is 1.11 bits per heavy atom. The predicted molar refractivity (Wildman–Crippen MR) is 153 cm³/mol. The lowest BCUT2D eigenvalue weighted by molar-refractivity contribution is 0.000513. The van der Waals surface area contributed by atoms with Gasteiger partial charge in [0.05, 0.1) is 19.2 Å². The molecule has 0 spiro atoms. The van der Waals surface area contributed by atoms with Gasteiger partial charge >= 0.3 is 6.09 Å². The molecule has 0 bridgehead atoms. The summed E-state index contributed by atoms with van der Waals surface area (Å²) in [7, 11) is -2.17. The van der Waals surface area contributed by atoms with E-state index in [9.17, 15) is 9.90 Å². The molecule has 1 aliphatic rings. The minimum atomic E-state index is -2.17. The van der Waals surface area contributed by atoms with Gasteiger partial charge in [0.25, 0.3) is 0 Å². The number of hydrogen-bond donors (Lipinski definition) is 1. The van der Waals surface area contributed by atoms with Crippen molar-refractivity contribution in [3.8, 4) is 17.2 Å². The smallest absolute Gasteiger partial charge is 0.410 e. The Morgan fingerprint density at radius 3 is 2.42 bits per heavy atom. The number of benzene rings is 2. The monoisotopic (exact) mass is 543 g/mol. The average Bonchev–Trinajstić information content (AvgIpc) is 2.81. The van der Waals surface area contributed by atoms with Gasteiger partial charge < -0.3 is 28.6 Å². The van der Waals surface area contributed by atoms with Gasteiger partial charge in [-0.15, -0.1) is 0 Å². The second-order valence-electron chi connectivity index (χ2n) is 12.6. The van der Waals surface area contributed by atoms with Crippen LogP contribution in [0.5, 0.6) is 17.2 Å². The molecule has 0 saturated heterocycles. The summed E-state index contributed by atoms with van der Waals surface area (Å²) in [6.45, 7) is 17.6. The second kappa shape index (κ2) is 12.0. The van der Waals surface area contributed by atoms with Crippen molar-refractivity contribution in [1.29, 1.82) is 0 Å². The molecule has 3 rings (SSSR count). The largest absolute Gasteiger partial charge is 0.508 e. The Morgan fingerprint density at radius 2 is 1.79 bits per heavy atom. The number of aromatic hydroxyl groups is 1. The molecule has 0 fully saturated rings. The van der Waals surface area contributed by atoms with Crippen LogP contribution >= 0.6 is 0 Å². The first-order valence-electron chi connectivity index (χ1n) is 13.4. The van der Waals surface area contributed by atoms with Gasteiger partial charge in [-0.2, -0.15) is 0 Å². The summed E-state index contributed by atoms with van der Waals surface area (Å²) in [6.07, 6.45) is 0.530. The summed E-state index contributed by atoms with van der Waals surface area (Å²) >= 11 is 0. The van der Waals surface area contributed by atoms with E-state index in [1.807, 2.05) is 51.1 Å². The average molecular weight is 544 g/mol. The molecule has 210 valence electrons. The van der Waals surface area contributed by atoms with E-state index in [1.54, 1.807) is 23.1 Å². The highest BCUT2D eigenvalue weighted by Gasteiger charge is 2.40. The molecule has 0 saturated carbocycles. The summed E-state index contributed by atoms with van der Waals surface area (Å²) < 4.78 is 24.9. The van der Waals surface area contributed by atoms with Crippen molar-refractivity contribution in [3.63, 3.8) is 0 Å². The van der Waals surface area contributed by atoms with E-state index in [0.29, 0.717) is 19.7 Å². The molecule has 1 aliphatic heterocycles. The van der Waals surface area contributed by atoms with E-state index in [0.717, 1.165) is 29.9 Å². The molecule has 7 nitrogen and oxygen atoms in total. The number of nitrogens with zero attached hydrogens (tertiary/aromatic N) is 1. The first-order chi connectivity index (χ1) is 17.6. The van der Waals surface area contributed by atoms with Gasteiger partial charge in [-0.3, -0.25) is 0 Å². The van der Waals surface area contributed by atoms with Crippen LogP contribution in [0.25, 0.3) is 0 Å². The Kier molecular flexibility index (Phi) is 9.42. The van der Waals surface area contributed by atoms with Crippen LogP contribution in [0.2, 0.25) is 18.1 Å². The zero-order valence-corrected chi connectivity index (χ0v) is 25.2. The molecule has 0 aromatic heterocycles. The summed E-state index contributed by atoms with van der Waals surface area (Å²) in [4.78, 5) is 15.1. The molecule has 0 radical (unpaired) electrons. The predicted octanol–water partition coefficient (Wildman–Crippen LogP) is 6.79. The number of phenolic OH excluding ortho intramolecular Hbond substituents is 1. The summed E-state index contributed by atoms with van der Waals surface area (Å²) in [5, 5.41) is 9.81. The summed E-state index contributed by atoms with van der Waals surface area (Å²) in [6, 6.07) is 14.8. The molecule has 8 heteroatoms. The number of fused-ring (bicyclic) bond motifs is 1. The number of carbonyl (C=O) groups is 1. The van der Waals surface area contributed by atoms with Crippen LogP contribution < -0.4 is 9.47 Å². The highest BCUT2D eigenvalue weighted by Crippen LogP contribution is 2.37. The minimum absolute atomic E-state index is 0.00348. The zero-order chi connectivity index (χ0) is 28.1. The number of rotatable bonds is 9. The number of carbonyl (C=O) groups excluding carboxylic acids is 1. The van der Waals surface area contributed by atoms with Crippen molar-refractivity contribution < 1.29 is 28.5 Å². The maximum Gasteiger partial charge on any atom is 0.410 e. The van der Waals surface area contributed by atoms with Crippen LogP contribution in [0.3, 0.4) is 0 Å². The molecule has 2 aromatic carbocycles. The Labute approximate surface area is 229 Å². The van der Waals surface area contributed by atoms with Crippen LogP contribution in [0, 0.1) is 0 Å². The minimum Gasteiger partial charge on any atom is -0.508 e. The standard InChI is InChI=1S/C30H45NO6Si/c1-29(2,3)36-28(33)31(19-25-16-14-22-18-23(32)15-17-27(22)35-25)20-26(37-38(7,8)30(4,5)6)21-34-24-12-10-9-11-13-24/h9-13,15,17-18,25-26,32H,14,16,19-21H2,1-8H3/t25-,26+/m1/s1. The number of phenols is 1. The third kappa shape index (κ3) is 8.66. The number of amides is 1. The maximum atomic E-state index is 13.4. The van der Waals surface area contributed by atoms with E-state index in [4.69, 9.17) is 18.6 Å². The summed E-state index contributed by atoms with van der Waals surface area (Å²) in [5.41, 5.74) is 0.337. The Hall–Kier alpha value is -2.71. The molecule has 0 aliphatic carbocycles. The fourth-order valence-corrected chi connectivity index (χ4v) is 5.35. The lowest BCUT2D eigenvalue weighted by Crippen LogP contribution is -2.52. The van der Waals surface area contributed by atoms with E-state index in [-0.39, 0.29) is 23.0 Å². The maximum absolute atomic E-state index is 13.4. The van der Waals surface area contributed by atoms with Crippen molar-refractivity contribution in [2.75, 3.05) is 19.7 Å². The molecule has 38 heavy (non-hydrogen) atoms. The van der Waals surface area contributed by atoms with E-state index in [1.165, 1.54) is 0 Å². The molecular weight excluding hydrogens is 498 g/mol. The highest BCUT2D eigenvalue weighted by molar-refractivity contribution is 6.74. The van der Waals surface area contributed by atoms with Gasteiger partial charge in [0.15, 0.2) is 8.32 Å². The lowest BCUT2D eigenvalue weighted by Gasteiger charge is -2.41. The molecular formula is C30H45NO6Si. The SMILES string of the molecule is CC(C)(C)OC(=O)N(C[C@H]1CCc2cc(O)ccc2O1)C[C@@H](COc1ccccc1)O[Si](C)(C)C(C)(C)C. The summed E-state index contributed by atoms with van der Waals surface area (Å²) in [5.74, 6) is 1.73.